The second-order valence-electron chi connectivity index (χ2n) is 15.2. The van der Waals surface area contributed by atoms with Crippen LogP contribution in [0.3, 0.4) is 0 Å². The molecule has 0 atom stereocenters. The lowest BCUT2D eigenvalue weighted by molar-refractivity contribution is 0.138. The molecule has 4 heterocycles. The van der Waals surface area contributed by atoms with Crippen LogP contribution in [0.4, 0.5) is 27.8 Å². The van der Waals surface area contributed by atoms with Gasteiger partial charge in [0.2, 0.25) is 0 Å². The number of hydrogen-bond donors (Lipinski definition) is 3. The van der Waals surface area contributed by atoms with Gasteiger partial charge in [-0.25, -0.2) is 19.7 Å². The number of para-hydroxylation sites is 1. The summed E-state index contributed by atoms with van der Waals surface area (Å²) in [6.45, 7) is 12.4. The third-order valence-corrected chi connectivity index (χ3v) is 11.2. The first-order chi connectivity index (χ1) is 28.0. The van der Waals surface area contributed by atoms with Gasteiger partial charge in [0.25, 0.3) is 0 Å². The third kappa shape index (κ3) is 11.3. The van der Waals surface area contributed by atoms with E-state index in [2.05, 4.69) is 57.7 Å². The number of unbranched alkanes of at least 4 members (excludes halogenated alkanes) is 3. The first-order valence-corrected chi connectivity index (χ1v) is 20.5. The van der Waals surface area contributed by atoms with Crippen LogP contribution in [0.2, 0.25) is 0 Å². The molecule has 12 heteroatoms. The predicted octanol–water partition coefficient (Wildman–Crippen LogP) is 8.07. The van der Waals surface area contributed by atoms with Gasteiger partial charge in [-0.15, -0.1) is 0 Å². The monoisotopic (exact) mass is 771 g/mol. The SMILES string of the molecule is COc1cc2ncnc(NCc3cccc(NC(=O)Nc4ccccc4C)c3)c2cc1OCCCCCCN1CCC(CN2CCN(c3ccccn3)CC2)CC1. The highest BCUT2D eigenvalue weighted by atomic mass is 16.5. The summed E-state index contributed by atoms with van der Waals surface area (Å²) in [6, 6.07) is 25.2. The van der Waals surface area contributed by atoms with Crippen molar-refractivity contribution in [2.75, 3.05) is 86.9 Å². The third-order valence-electron chi connectivity index (χ3n) is 11.2. The van der Waals surface area contributed by atoms with Gasteiger partial charge in [-0.3, -0.25) is 4.90 Å². The Bertz CT molecular complexity index is 2030. The van der Waals surface area contributed by atoms with Crippen molar-refractivity contribution in [2.45, 2.75) is 52.0 Å². The zero-order chi connectivity index (χ0) is 39.2. The number of aromatic nitrogens is 3. The van der Waals surface area contributed by atoms with Crippen molar-refractivity contribution in [3.63, 3.8) is 0 Å². The molecule has 2 amide bonds. The maximum absolute atomic E-state index is 12.7. The van der Waals surface area contributed by atoms with Gasteiger partial charge in [-0.2, -0.15) is 0 Å². The number of piperidine rings is 1. The quantitative estimate of drug-likeness (QED) is 0.0801. The van der Waals surface area contributed by atoms with E-state index >= 15 is 0 Å². The summed E-state index contributed by atoms with van der Waals surface area (Å²) in [5.41, 5.74) is 4.24. The van der Waals surface area contributed by atoms with E-state index < -0.39 is 0 Å². The van der Waals surface area contributed by atoms with E-state index in [1.807, 2.05) is 79.9 Å². The Hall–Kier alpha value is -5.46. The number of likely N-dealkylation sites (tertiary alicyclic amines) is 1. The molecule has 57 heavy (non-hydrogen) atoms. The summed E-state index contributed by atoms with van der Waals surface area (Å²) in [4.78, 5) is 34.0. The van der Waals surface area contributed by atoms with Crippen LogP contribution in [0.1, 0.15) is 49.7 Å². The number of fused-ring (bicyclic) bond motifs is 1. The van der Waals surface area contributed by atoms with Crippen LogP contribution in [-0.4, -0.2) is 96.9 Å². The van der Waals surface area contributed by atoms with Gasteiger partial charge in [-0.1, -0.05) is 49.2 Å². The minimum atomic E-state index is -0.289. The van der Waals surface area contributed by atoms with Crippen LogP contribution in [0, 0.1) is 12.8 Å². The zero-order valence-electron chi connectivity index (χ0n) is 33.5. The molecule has 2 fully saturated rings. The minimum absolute atomic E-state index is 0.289. The van der Waals surface area contributed by atoms with Crippen molar-refractivity contribution in [3.05, 3.63) is 103 Å². The Labute approximate surface area is 337 Å². The van der Waals surface area contributed by atoms with E-state index in [0.717, 1.165) is 78.5 Å². The number of nitrogens with zero attached hydrogens (tertiary/aromatic N) is 6. The number of hydrogen-bond acceptors (Lipinski definition) is 10. The number of carbonyl (C=O) groups is 1. The molecule has 5 aromatic rings. The van der Waals surface area contributed by atoms with Gasteiger partial charge >= 0.3 is 6.03 Å². The summed E-state index contributed by atoms with van der Waals surface area (Å²) in [5, 5.41) is 10.2. The van der Waals surface area contributed by atoms with Gasteiger partial charge in [0.05, 0.1) is 19.2 Å². The molecule has 2 saturated heterocycles. The number of anilines is 4. The van der Waals surface area contributed by atoms with Crippen LogP contribution in [-0.2, 0) is 6.54 Å². The Morgan fingerprint density at radius 3 is 2.42 bits per heavy atom. The van der Waals surface area contributed by atoms with Gasteiger partial charge < -0.3 is 35.2 Å². The number of nitrogens with one attached hydrogen (secondary N) is 3. The summed E-state index contributed by atoms with van der Waals surface area (Å²) >= 11 is 0. The highest BCUT2D eigenvalue weighted by Gasteiger charge is 2.24. The molecule has 0 aliphatic carbocycles. The van der Waals surface area contributed by atoms with Crippen molar-refractivity contribution in [1.29, 1.82) is 0 Å². The highest BCUT2D eigenvalue weighted by molar-refractivity contribution is 6.00. The molecule has 3 N–H and O–H groups in total. The second-order valence-corrected chi connectivity index (χ2v) is 15.2. The van der Waals surface area contributed by atoms with Crippen molar-refractivity contribution in [1.82, 2.24) is 24.8 Å². The van der Waals surface area contributed by atoms with Crippen molar-refractivity contribution < 1.29 is 14.3 Å². The van der Waals surface area contributed by atoms with E-state index in [1.54, 1.807) is 13.4 Å². The summed E-state index contributed by atoms with van der Waals surface area (Å²) < 4.78 is 12.0. The standard InChI is InChI=1S/C45H57N9O3/c1-34-12-5-6-15-39(34)51-45(55)50-37-14-11-13-36(28-37)31-47-44-38-29-42(41(56-2)30-40(38)48-33-49-44)57-27-10-4-3-9-20-52-21-17-35(18-22-52)32-53-23-25-54(26-24-53)43-16-7-8-19-46-43/h5-8,11-16,19,28-30,33,35H,3-4,9-10,17-18,20-27,31-32H2,1-2H3,(H,47,48,49)(H2,50,51,55). The van der Waals surface area contributed by atoms with Crippen molar-refractivity contribution in [2.24, 2.45) is 5.92 Å². The fourth-order valence-corrected chi connectivity index (χ4v) is 7.85. The van der Waals surface area contributed by atoms with Crippen LogP contribution < -0.4 is 30.3 Å². The molecular formula is C45H57N9O3. The van der Waals surface area contributed by atoms with E-state index in [-0.39, 0.29) is 6.03 Å². The smallest absolute Gasteiger partial charge is 0.323 e. The molecule has 2 aliphatic heterocycles. The number of urea groups is 1. The van der Waals surface area contributed by atoms with Crippen LogP contribution in [0.5, 0.6) is 11.5 Å². The normalized spacial score (nSPS) is 15.4. The number of methoxy groups -OCH3 is 1. The second kappa shape index (κ2) is 20.1. The summed E-state index contributed by atoms with van der Waals surface area (Å²) in [6.07, 6.45) is 10.6. The molecule has 7 rings (SSSR count). The minimum Gasteiger partial charge on any atom is -0.493 e. The molecule has 300 valence electrons. The largest absolute Gasteiger partial charge is 0.493 e. The molecule has 0 spiro atoms. The highest BCUT2D eigenvalue weighted by Crippen LogP contribution is 2.34. The Morgan fingerprint density at radius 1 is 0.789 bits per heavy atom. The van der Waals surface area contributed by atoms with Crippen LogP contribution in [0.25, 0.3) is 10.9 Å². The lowest BCUT2D eigenvalue weighted by atomic mass is 9.95. The topological polar surface area (TPSA) is 120 Å². The number of rotatable bonds is 17. The number of pyridine rings is 1. The molecule has 0 radical (unpaired) electrons. The molecule has 0 bridgehead atoms. The lowest BCUT2D eigenvalue weighted by Gasteiger charge is -2.39. The van der Waals surface area contributed by atoms with Gasteiger partial charge in [0.1, 0.15) is 18.0 Å². The van der Waals surface area contributed by atoms with Crippen LogP contribution >= 0.6 is 0 Å². The number of amides is 2. The van der Waals surface area contributed by atoms with Gasteiger partial charge in [-0.05, 0) is 106 Å². The number of benzene rings is 3. The first kappa shape index (κ1) is 39.8. The molecular weight excluding hydrogens is 715 g/mol. The van der Waals surface area contributed by atoms with E-state index in [4.69, 9.17) is 9.47 Å². The summed E-state index contributed by atoms with van der Waals surface area (Å²) in [7, 11) is 1.66. The fraction of sp³-hybridized carbons (Fsp3) is 0.422. The van der Waals surface area contributed by atoms with E-state index in [1.165, 1.54) is 51.9 Å². The number of ether oxygens (including phenoxy) is 2. The number of piperazine rings is 1. The first-order valence-electron chi connectivity index (χ1n) is 20.5. The average molecular weight is 772 g/mol. The molecule has 0 unspecified atom stereocenters. The maximum Gasteiger partial charge on any atom is 0.323 e. The fourth-order valence-electron chi connectivity index (χ4n) is 7.85. The lowest BCUT2D eigenvalue weighted by Crippen LogP contribution is -2.49. The Balaban J connectivity index is 0.807. The van der Waals surface area contributed by atoms with E-state index in [9.17, 15) is 4.79 Å². The molecule has 12 nitrogen and oxygen atoms in total. The number of aryl methyl sites for hydroxylation is 1. The average Bonchev–Trinajstić information content (AvgIpc) is 3.24. The van der Waals surface area contributed by atoms with Gasteiger partial charge in [0, 0.05) is 68.3 Å². The number of carbonyl (C=O) groups excluding carboxylic acids is 1. The molecule has 2 aliphatic rings. The predicted molar refractivity (Wildman–Crippen MR) is 230 cm³/mol. The molecule has 0 saturated carbocycles. The van der Waals surface area contributed by atoms with Crippen molar-refractivity contribution in [3.8, 4) is 11.5 Å². The zero-order valence-corrected chi connectivity index (χ0v) is 33.5. The Morgan fingerprint density at radius 2 is 1.61 bits per heavy atom. The maximum atomic E-state index is 12.7. The van der Waals surface area contributed by atoms with E-state index in [0.29, 0.717) is 36.2 Å². The van der Waals surface area contributed by atoms with Crippen molar-refractivity contribution >= 4 is 39.9 Å². The van der Waals surface area contributed by atoms with Crippen LogP contribution in [0.15, 0.2) is 91.4 Å². The molecule has 2 aromatic heterocycles. The summed E-state index contributed by atoms with van der Waals surface area (Å²) in [5.74, 6) is 3.97. The van der Waals surface area contributed by atoms with Gasteiger partial charge in [0.15, 0.2) is 11.5 Å². The Kier molecular flexibility index (Phi) is 14.0. The molecule has 3 aromatic carbocycles.